The Bertz CT molecular complexity index is 626. The minimum Gasteiger partial charge on any atom is -0.487 e. The molecule has 1 atom stereocenters. The predicted molar refractivity (Wildman–Crippen MR) is 75.1 cm³/mol. The van der Waals surface area contributed by atoms with E-state index in [2.05, 4.69) is 10.2 Å². The standard InChI is InChI=1S/C15H16F2N2O3/c1-9(2)20-13-6-10(4-5-12(13)21-14(16)17)11-7-15(3,8-18)22-19-11/h4-7,9,14,19H,1-3H3. The van der Waals surface area contributed by atoms with Crippen molar-refractivity contribution in [3.8, 4) is 17.6 Å². The zero-order valence-corrected chi connectivity index (χ0v) is 12.4. The summed E-state index contributed by atoms with van der Waals surface area (Å²) in [6, 6.07) is 6.54. The third-order valence-corrected chi connectivity index (χ3v) is 2.85. The molecule has 1 aliphatic heterocycles. The molecule has 1 aromatic carbocycles. The van der Waals surface area contributed by atoms with Crippen molar-refractivity contribution in [2.45, 2.75) is 39.1 Å². The molecule has 0 saturated carbocycles. The number of ether oxygens (including phenoxy) is 2. The minimum absolute atomic E-state index is 0.0463. The van der Waals surface area contributed by atoms with Gasteiger partial charge in [0.15, 0.2) is 17.1 Å². The van der Waals surface area contributed by atoms with Gasteiger partial charge in [-0.3, -0.25) is 10.3 Å². The number of hydroxylamine groups is 1. The van der Waals surface area contributed by atoms with E-state index in [4.69, 9.17) is 14.8 Å². The molecule has 1 aromatic rings. The lowest BCUT2D eigenvalue weighted by Gasteiger charge is -2.16. The molecule has 5 nitrogen and oxygen atoms in total. The summed E-state index contributed by atoms with van der Waals surface area (Å²) in [6.07, 6.45) is 1.40. The monoisotopic (exact) mass is 310 g/mol. The second-order valence-corrected chi connectivity index (χ2v) is 5.19. The lowest BCUT2D eigenvalue weighted by Crippen LogP contribution is -2.22. The van der Waals surface area contributed by atoms with Gasteiger partial charge in [0.05, 0.1) is 11.8 Å². The highest BCUT2D eigenvalue weighted by Crippen LogP contribution is 2.34. The summed E-state index contributed by atoms with van der Waals surface area (Å²) >= 11 is 0. The summed E-state index contributed by atoms with van der Waals surface area (Å²) in [5.74, 6) is 0.149. The van der Waals surface area contributed by atoms with Gasteiger partial charge in [-0.1, -0.05) is 0 Å². The van der Waals surface area contributed by atoms with Gasteiger partial charge < -0.3 is 9.47 Å². The first-order valence-corrected chi connectivity index (χ1v) is 6.67. The lowest BCUT2D eigenvalue weighted by molar-refractivity contribution is -0.0519. The Labute approximate surface area is 127 Å². The van der Waals surface area contributed by atoms with E-state index in [0.29, 0.717) is 11.3 Å². The normalized spacial score (nSPS) is 20.5. The molecule has 0 radical (unpaired) electrons. The average molecular weight is 310 g/mol. The molecule has 118 valence electrons. The van der Waals surface area contributed by atoms with Crippen LogP contribution >= 0.6 is 0 Å². The van der Waals surface area contributed by atoms with Crippen LogP contribution in [0.3, 0.4) is 0 Å². The maximum absolute atomic E-state index is 12.4. The van der Waals surface area contributed by atoms with Crippen LogP contribution in [0.4, 0.5) is 8.78 Å². The predicted octanol–water partition coefficient (Wildman–Crippen LogP) is 3.23. The largest absolute Gasteiger partial charge is 0.487 e. The van der Waals surface area contributed by atoms with E-state index in [0.717, 1.165) is 0 Å². The van der Waals surface area contributed by atoms with Gasteiger partial charge in [0.25, 0.3) is 0 Å². The van der Waals surface area contributed by atoms with Crippen LogP contribution in [-0.4, -0.2) is 18.3 Å². The number of nitrogens with one attached hydrogen (secondary N) is 1. The van der Waals surface area contributed by atoms with Crippen LogP contribution in [0.2, 0.25) is 0 Å². The van der Waals surface area contributed by atoms with Crippen molar-refractivity contribution in [3.05, 3.63) is 29.8 Å². The van der Waals surface area contributed by atoms with Gasteiger partial charge in [0.2, 0.25) is 0 Å². The van der Waals surface area contributed by atoms with Crippen molar-refractivity contribution in [3.63, 3.8) is 0 Å². The Morgan fingerprint density at radius 3 is 2.55 bits per heavy atom. The highest BCUT2D eigenvalue weighted by atomic mass is 19.3. The fourth-order valence-electron chi connectivity index (χ4n) is 1.91. The first-order valence-electron chi connectivity index (χ1n) is 6.67. The van der Waals surface area contributed by atoms with Crippen LogP contribution in [0, 0.1) is 11.3 Å². The Morgan fingerprint density at radius 2 is 2.00 bits per heavy atom. The second-order valence-electron chi connectivity index (χ2n) is 5.19. The molecule has 1 aliphatic rings. The summed E-state index contributed by atoms with van der Waals surface area (Å²) in [5, 5.41) is 9.02. The first-order chi connectivity index (χ1) is 10.3. The lowest BCUT2D eigenvalue weighted by atomic mass is 10.0. The van der Waals surface area contributed by atoms with E-state index >= 15 is 0 Å². The summed E-state index contributed by atoms with van der Waals surface area (Å²) < 4.78 is 34.8. The van der Waals surface area contributed by atoms with Crippen LogP contribution < -0.4 is 15.0 Å². The number of alkyl halides is 2. The zero-order valence-electron chi connectivity index (χ0n) is 12.4. The van der Waals surface area contributed by atoms with E-state index in [9.17, 15) is 8.78 Å². The van der Waals surface area contributed by atoms with Crippen molar-refractivity contribution in [2.75, 3.05) is 0 Å². The molecule has 2 rings (SSSR count). The number of hydrogen-bond donors (Lipinski definition) is 1. The molecular weight excluding hydrogens is 294 g/mol. The SMILES string of the molecule is CC(C)Oc1cc(C2=CC(C)(C#N)ON2)ccc1OC(F)F. The molecule has 1 unspecified atom stereocenters. The van der Waals surface area contributed by atoms with Crippen LogP contribution in [0.5, 0.6) is 11.5 Å². The van der Waals surface area contributed by atoms with E-state index in [1.54, 1.807) is 39.0 Å². The van der Waals surface area contributed by atoms with E-state index in [1.165, 1.54) is 6.07 Å². The van der Waals surface area contributed by atoms with Crippen molar-refractivity contribution in [2.24, 2.45) is 0 Å². The van der Waals surface area contributed by atoms with Gasteiger partial charge in [-0.25, -0.2) is 0 Å². The Hall–Kier alpha value is -2.33. The quantitative estimate of drug-likeness (QED) is 0.904. The fraction of sp³-hybridized carbons (Fsp3) is 0.400. The Balaban J connectivity index is 2.35. The highest BCUT2D eigenvalue weighted by molar-refractivity contribution is 5.69. The Morgan fingerprint density at radius 1 is 1.27 bits per heavy atom. The molecule has 0 amide bonds. The van der Waals surface area contributed by atoms with Gasteiger partial charge in [-0.15, -0.1) is 0 Å². The number of nitriles is 1. The van der Waals surface area contributed by atoms with Crippen molar-refractivity contribution in [1.29, 1.82) is 5.26 Å². The molecule has 0 saturated heterocycles. The highest BCUT2D eigenvalue weighted by Gasteiger charge is 2.30. The number of nitrogens with zero attached hydrogens (tertiary/aromatic N) is 1. The third kappa shape index (κ3) is 3.65. The molecule has 0 aromatic heterocycles. The van der Waals surface area contributed by atoms with Gasteiger partial charge in [0, 0.05) is 5.56 Å². The third-order valence-electron chi connectivity index (χ3n) is 2.85. The van der Waals surface area contributed by atoms with Crippen molar-refractivity contribution < 1.29 is 23.1 Å². The topological polar surface area (TPSA) is 63.5 Å². The van der Waals surface area contributed by atoms with Gasteiger partial charge in [-0.05, 0) is 45.0 Å². The fourth-order valence-corrected chi connectivity index (χ4v) is 1.91. The summed E-state index contributed by atoms with van der Waals surface area (Å²) in [7, 11) is 0. The van der Waals surface area contributed by atoms with E-state index in [1.807, 2.05) is 6.07 Å². The zero-order chi connectivity index (χ0) is 16.3. The van der Waals surface area contributed by atoms with Gasteiger partial charge >= 0.3 is 6.61 Å². The maximum Gasteiger partial charge on any atom is 0.387 e. The summed E-state index contributed by atoms with van der Waals surface area (Å²) in [5.41, 5.74) is 2.76. The number of halogens is 2. The second kappa shape index (κ2) is 6.20. The maximum atomic E-state index is 12.4. The molecule has 0 aliphatic carbocycles. The van der Waals surface area contributed by atoms with Crippen LogP contribution in [0.15, 0.2) is 24.3 Å². The summed E-state index contributed by atoms with van der Waals surface area (Å²) in [4.78, 5) is 5.18. The smallest absolute Gasteiger partial charge is 0.387 e. The molecule has 0 spiro atoms. The minimum atomic E-state index is -2.94. The van der Waals surface area contributed by atoms with E-state index < -0.39 is 12.2 Å². The first kappa shape index (κ1) is 16.0. The average Bonchev–Trinajstić information content (AvgIpc) is 2.83. The number of rotatable bonds is 5. The van der Waals surface area contributed by atoms with Crippen LogP contribution in [0.1, 0.15) is 26.3 Å². The molecule has 1 heterocycles. The number of hydrogen-bond acceptors (Lipinski definition) is 5. The van der Waals surface area contributed by atoms with Crippen LogP contribution in [-0.2, 0) is 4.84 Å². The van der Waals surface area contributed by atoms with Crippen molar-refractivity contribution in [1.82, 2.24) is 5.48 Å². The summed E-state index contributed by atoms with van der Waals surface area (Å²) in [6.45, 7) is 2.23. The molecule has 22 heavy (non-hydrogen) atoms. The molecular formula is C15H16F2N2O3. The molecule has 1 N–H and O–H groups in total. The van der Waals surface area contributed by atoms with Crippen molar-refractivity contribution >= 4 is 5.70 Å². The molecule has 0 fully saturated rings. The Kier molecular flexibility index (Phi) is 4.52. The molecule has 7 heteroatoms. The number of benzene rings is 1. The van der Waals surface area contributed by atoms with Gasteiger partial charge in [0.1, 0.15) is 6.07 Å². The van der Waals surface area contributed by atoms with Crippen LogP contribution in [0.25, 0.3) is 5.70 Å². The van der Waals surface area contributed by atoms with Gasteiger partial charge in [-0.2, -0.15) is 14.0 Å². The van der Waals surface area contributed by atoms with E-state index in [-0.39, 0.29) is 17.6 Å². The molecule has 0 bridgehead atoms.